The maximum absolute atomic E-state index is 15.3. The summed E-state index contributed by atoms with van der Waals surface area (Å²) in [5.41, 5.74) is 1.90. The summed E-state index contributed by atoms with van der Waals surface area (Å²) < 4.78 is 26.4. The van der Waals surface area contributed by atoms with Crippen molar-refractivity contribution in [2.24, 2.45) is 0 Å². The number of hydrogen-bond donors (Lipinski definition) is 2. The number of rotatable bonds is 3. The molecule has 10 heteroatoms. The van der Waals surface area contributed by atoms with Gasteiger partial charge in [-0.2, -0.15) is 0 Å². The molecule has 4 aliphatic heterocycles. The summed E-state index contributed by atoms with van der Waals surface area (Å²) in [6.07, 6.45) is 5.77. The number of hydrogen-bond acceptors (Lipinski definition) is 7. The lowest BCUT2D eigenvalue weighted by atomic mass is 10.1. The minimum Gasteiger partial charge on any atom is -0.427 e. The standard InChI is InChI=1S/C44H43N2O7P/c47-41-17-11-3-1-2-4-12-18-42(48)53-37-25-21-33(22-26-37)31-46-44(50)35-27-34(43(49)45-30-32-19-23-36(52-41)24-20-32)28-40(29-35)54(51,38-13-7-5-8-14-38)39-15-9-6-10-16-39/h5-10,13-16,19-29H,1-4,11-12,17-18,30-31H2,(H,45,49)(H,46,50). The predicted octanol–water partition coefficient (Wildman–Crippen LogP) is 7.13. The minimum absolute atomic E-state index is 0.166. The van der Waals surface area contributed by atoms with E-state index in [-0.39, 0.29) is 36.2 Å². The molecule has 4 heterocycles. The van der Waals surface area contributed by atoms with Crippen molar-refractivity contribution in [3.63, 3.8) is 0 Å². The van der Waals surface area contributed by atoms with E-state index in [2.05, 4.69) is 10.6 Å². The van der Waals surface area contributed by atoms with Crippen LogP contribution in [-0.4, -0.2) is 23.8 Å². The lowest BCUT2D eigenvalue weighted by Gasteiger charge is -2.21. The van der Waals surface area contributed by atoms with Gasteiger partial charge in [0.15, 0.2) is 7.14 Å². The van der Waals surface area contributed by atoms with Crippen molar-refractivity contribution in [3.05, 3.63) is 150 Å². The molecule has 54 heavy (non-hydrogen) atoms. The van der Waals surface area contributed by atoms with Crippen LogP contribution in [0.15, 0.2) is 127 Å². The first-order valence-electron chi connectivity index (χ1n) is 18.3. The van der Waals surface area contributed by atoms with Crippen LogP contribution in [0, 0.1) is 0 Å². The summed E-state index contributed by atoms with van der Waals surface area (Å²) in [5.74, 6) is -0.687. The van der Waals surface area contributed by atoms with E-state index in [1.165, 1.54) is 6.07 Å². The Morgan fingerprint density at radius 2 is 0.833 bits per heavy atom. The largest absolute Gasteiger partial charge is 0.427 e. The molecule has 5 aromatic carbocycles. The number of carbonyl (C=O) groups is 4. The number of ether oxygens (including phenoxy) is 2. The van der Waals surface area contributed by atoms with Crippen LogP contribution in [0.5, 0.6) is 11.5 Å². The molecule has 0 aromatic heterocycles. The highest BCUT2D eigenvalue weighted by Gasteiger charge is 2.31. The fraction of sp³-hybridized carbons (Fsp3) is 0.227. The third-order valence-electron chi connectivity index (χ3n) is 9.27. The van der Waals surface area contributed by atoms with E-state index in [9.17, 15) is 19.2 Å². The van der Waals surface area contributed by atoms with Crippen LogP contribution in [0.1, 0.15) is 83.2 Å². The van der Waals surface area contributed by atoms with Crippen molar-refractivity contribution < 1.29 is 33.2 Å². The maximum atomic E-state index is 15.3. The molecule has 0 radical (unpaired) electrons. The predicted molar refractivity (Wildman–Crippen MR) is 209 cm³/mol. The van der Waals surface area contributed by atoms with E-state index in [4.69, 9.17) is 9.47 Å². The summed E-state index contributed by atoms with van der Waals surface area (Å²) in [7, 11) is -3.55. The third kappa shape index (κ3) is 10.00. The molecule has 5 aromatic rings. The number of nitrogens with one attached hydrogen (secondary N) is 2. The van der Waals surface area contributed by atoms with Crippen LogP contribution in [0.4, 0.5) is 0 Å². The highest BCUT2D eigenvalue weighted by molar-refractivity contribution is 7.85. The molecule has 0 aliphatic carbocycles. The van der Waals surface area contributed by atoms with E-state index < -0.39 is 19.0 Å². The second-order valence-electron chi connectivity index (χ2n) is 13.3. The second-order valence-corrected chi connectivity index (χ2v) is 16.0. The van der Waals surface area contributed by atoms with Gasteiger partial charge in [0, 0.05) is 53.0 Å². The molecule has 0 unspecified atom stereocenters. The second kappa shape index (κ2) is 18.3. The van der Waals surface area contributed by atoms with Gasteiger partial charge in [-0.05, 0) is 66.4 Å². The van der Waals surface area contributed by atoms with E-state index >= 15 is 4.57 Å². The summed E-state index contributed by atoms with van der Waals surface area (Å²) >= 11 is 0. The van der Waals surface area contributed by atoms with Gasteiger partial charge in [0.1, 0.15) is 11.5 Å². The SMILES string of the molecule is O=C1CCCCCCCCC(=O)Oc2ccc(cc2)CNC(=O)c2cc(cc(P(=O)(c3ccccc3)c3ccccc3)c2)C(=O)NCc2ccc(cc2)O1. The monoisotopic (exact) mass is 742 g/mol. The molecule has 4 aliphatic rings. The highest BCUT2D eigenvalue weighted by atomic mass is 31.2. The van der Waals surface area contributed by atoms with Crippen molar-refractivity contribution >= 4 is 46.8 Å². The summed E-state index contributed by atoms with van der Waals surface area (Å²) in [6, 6.07) is 36.6. The van der Waals surface area contributed by atoms with Gasteiger partial charge in [-0.3, -0.25) is 19.2 Å². The molecule has 0 saturated carbocycles. The summed E-state index contributed by atoms with van der Waals surface area (Å²) in [4.78, 5) is 52.4. The normalized spacial score (nSPS) is 15.5. The first-order chi connectivity index (χ1) is 26.3. The Hall–Kier alpha value is -5.79. The van der Waals surface area contributed by atoms with Gasteiger partial charge >= 0.3 is 11.9 Å². The number of carbonyl (C=O) groups excluding carboxylic acids is 4. The molecule has 2 N–H and O–H groups in total. The van der Waals surface area contributed by atoms with Crippen LogP contribution in [0.3, 0.4) is 0 Å². The molecule has 0 atom stereocenters. The van der Waals surface area contributed by atoms with E-state index in [0.717, 1.165) is 49.7 Å². The van der Waals surface area contributed by atoms with E-state index in [1.54, 1.807) is 84.9 Å². The van der Waals surface area contributed by atoms with Gasteiger partial charge in [-0.15, -0.1) is 0 Å². The van der Waals surface area contributed by atoms with Crippen molar-refractivity contribution in [2.75, 3.05) is 0 Å². The number of amides is 2. The molecular weight excluding hydrogens is 699 g/mol. The Balaban J connectivity index is 1.31. The lowest BCUT2D eigenvalue weighted by molar-refractivity contribution is -0.135. The van der Waals surface area contributed by atoms with Gasteiger partial charge < -0.3 is 24.7 Å². The average molecular weight is 743 g/mol. The smallest absolute Gasteiger partial charge is 0.311 e. The van der Waals surface area contributed by atoms with Crippen molar-refractivity contribution in [3.8, 4) is 11.5 Å². The van der Waals surface area contributed by atoms with Crippen LogP contribution in [0.25, 0.3) is 0 Å². The molecule has 2 amide bonds. The number of esters is 2. The summed E-state index contributed by atoms with van der Waals surface area (Å²) in [6.45, 7) is 0.332. The highest BCUT2D eigenvalue weighted by Crippen LogP contribution is 2.42. The first kappa shape index (κ1) is 38.0. The topological polar surface area (TPSA) is 128 Å². The van der Waals surface area contributed by atoms with E-state index in [1.807, 2.05) is 36.4 Å². The van der Waals surface area contributed by atoms with Gasteiger partial charge in [-0.1, -0.05) is 111 Å². The van der Waals surface area contributed by atoms with E-state index in [0.29, 0.717) is 40.3 Å². The minimum atomic E-state index is -3.55. The Labute approximate surface area is 315 Å². The Morgan fingerprint density at radius 3 is 1.24 bits per heavy atom. The molecule has 0 fully saturated rings. The van der Waals surface area contributed by atoms with Gasteiger partial charge in [0.25, 0.3) is 11.8 Å². The fourth-order valence-corrected chi connectivity index (χ4v) is 9.03. The molecule has 0 saturated heterocycles. The van der Waals surface area contributed by atoms with Crippen LogP contribution < -0.4 is 36.0 Å². The van der Waals surface area contributed by atoms with Gasteiger partial charge in [0.05, 0.1) is 0 Å². The first-order valence-corrected chi connectivity index (χ1v) is 20.0. The molecule has 0 spiro atoms. The zero-order valence-corrected chi connectivity index (χ0v) is 30.9. The maximum Gasteiger partial charge on any atom is 0.311 e. The average Bonchev–Trinajstić information content (AvgIpc) is 3.21. The van der Waals surface area contributed by atoms with Crippen molar-refractivity contribution in [1.29, 1.82) is 0 Å². The Kier molecular flexibility index (Phi) is 12.9. The zero-order valence-electron chi connectivity index (χ0n) is 30.0. The van der Waals surface area contributed by atoms with Gasteiger partial charge in [0.2, 0.25) is 0 Å². The van der Waals surface area contributed by atoms with Crippen molar-refractivity contribution in [2.45, 2.75) is 64.5 Å². The molecule has 9 nitrogen and oxygen atoms in total. The molecule has 9 rings (SSSR count). The summed E-state index contributed by atoms with van der Waals surface area (Å²) in [5, 5.41) is 7.31. The number of benzene rings is 5. The lowest BCUT2D eigenvalue weighted by Crippen LogP contribution is -2.30. The zero-order chi connectivity index (χ0) is 37.8. The van der Waals surface area contributed by atoms with Crippen LogP contribution in [0.2, 0.25) is 0 Å². The Morgan fingerprint density at radius 1 is 0.444 bits per heavy atom. The van der Waals surface area contributed by atoms with Crippen molar-refractivity contribution in [1.82, 2.24) is 10.6 Å². The quantitative estimate of drug-likeness (QED) is 0.114. The van der Waals surface area contributed by atoms with Gasteiger partial charge in [-0.25, -0.2) is 0 Å². The van der Waals surface area contributed by atoms with Crippen LogP contribution >= 0.6 is 7.14 Å². The molecule has 6 bridgehead atoms. The molecular formula is C44H43N2O7P. The Bertz CT molecular complexity index is 1970. The fourth-order valence-electron chi connectivity index (χ4n) is 6.31. The van der Waals surface area contributed by atoms with Crippen LogP contribution in [-0.2, 0) is 27.2 Å². The molecule has 276 valence electrons. The third-order valence-corrected chi connectivity index (χ3v) is 12.3.